The van der Waals surface area contributed by atoms with Crippen molar-refractivity contribution in [1.82, 2.24) is 14.1 Å². The van der Waals surface area contributed by atoms with Gasteiger partial charge in [-0.15, -0.1) is 35.9 Å². The third-order valence-corrected chi connectivity index (χ3v) is 10.0. The number of imidazole rings is 1. The Bertz CT molecular complexity index is 1870. The quantitative estimate of drug-likeness (QED) is 0.166. The molecule has 0 bridgehead atoms. The molecule has 0 spiro atoms. The number of fused-ring (bicyclic) bond motifs is 4. The van der Waals surface area contributed by atoms with Gasteiger partial charge in [-0.05, 0) is 72.9 Å². The molecule has 2 aromatic heterocycles. The number of para-hydroxylation sites is 3. The maximum atomic E-state index is 5.31. The van der Waals surface area contributed by atoms with Crippen LogP contribution < -0.4 is 0 Å². The Kier molecular flexibility index (Phi) is 7.54. The van der Waals surface area contributed by atoms with Crippen LogP contribution in [0.15, 0.2) is 78.9 Å². The van der Waals surface area contributed by atoms with Crippen LogP contribution in [0, 0.1) is 6.07 Å². The van der Waals surface area contributed by atoms with Crippen molar-refractivity contribution in [3.05, 3.63) is 96.1 Å². The molecule has 4 heteroatoms. The fourth-order valence-electron chi connectivity index (χ4n) is 8.08. The molecule has 215 valence electrons. The predicted molar refractivity (Wildman–Crippen MR) is 171 cm³/mol. The number of hydrogen-bond donors (Lipinski definition) is 0. The summed E-state index contributed by atoms with van der Waals surface area (Å²) >= 11 is 0. The topological polar surface area (TPSA) is 22.8 Å². The molecule has 2 heterocycles. The molecule has 3 nitrogen and oxygen atoms in total. The Morgan fingerprint density at radius 3 is 2.12 bits per heavy atom. The van der Waals surface area contributed by atoms with Gasteiger partial charge in [0, 0.05) is 54.6 Å². The van der Waals surface area contributed by atoms with E-state index in [1.807, 2.05) is 6.07 Å². The Labute approximate surface area is 262 Å². The molecule has 8 rings (SSSR count). The first-order chi connectivity index (χ1) is 20.3. The molecule has 0 saturated heterocycles. The van der Waals surface area contributed by atoms with Crippen LogP contribution in [-0.2, 0) is 27.2 Å². The van der Waals surface area contributed by atoms with Gasteiger partial charge in [0.15, 0.2) is 0 Å². The van der Waals surface area contributed by atoms with Crippen molar-refractivity contribution in [1.29, 1.82) is 0 Å². The summed E-state index contributed by atoms with van der Waals surface area (Å²) in [4.78, 5) is 5.31. The van der Waals surface area contributed by atoms with Crippen molar-refractivity contribution < 1.29 is 20.1 Å². The summed E-state index contributed by atoms with van der Waals surface area (Å²) in [5.41, 5.74) is 10.6. The Hall–Kier alpha value is -3.20. The van der Waals surface area contributed by atoms with Crippen LogP contribution in [0.2, 0.25) is 0 Å². The second kappa shape index (κ2) is 11.5. The predicted octanol–water partition coefficient (Wildman–Crippen LogP) is 10.2. The minimum absolute atomic E-state index is 0. The molecule has 42 heavy (non-hydrogen) atoms. The third kappa shape index (κ3) is 4.46. The summed E-state index contributed by atoms with van der Waals surface area (Å²) in [6.07, 6.45) is 13.0. The molecular weight excluding hydrogens is 691 g/mol. The van der Waals surface area contributed by atoms with Gasteiger partial charge in [0.2, 0.25) is 0 Å². The van der Waals surface area contributed by atoms with E-state index in [0.717, 1.165) is 16.9 Å². The number of benzene rings is 4. The van der Waals surface area contributed by atoms with Gasteiger partial charge in [-0.2, -0.15) is 0 Å². The van der Waals surface area contributed by atoms with Crippen LogP contribution in [0.1, 0.15) is 87.2 Å². The standard InChI is InChI=1S/C38H38N3.Ir/c1-40-32-23-13-11-21-29(32)36-34(40)25-30(26-15-5-2-6-16-26)37(35(36)27-17-7-3-8-18-27)41-33-24-14-12-22-31(33)39-38(41)28-19-9-4-10-20-28;/h4,9-14,19,21-27H,2-3,5-8,15-18H2,1H3;/q-1;. The summed E-state index contributed by atoms with van der Waals surface area (Å²) in [5, 5.41) is 2.85. The van der Waals surface area contributed by atoms with Gasteiger partial charge < -0.3 is 9.13 Å². The number of rotatable bonds is 4. The van der Waals surface area contributed by atoms with Gasteiger partial charge in [-0.1, -0.05) is 68.9 Å². The molecule has 0 aliphatic heterocycles. The maximum Gasteiger partial charge on any atom is 0.0774 e. The molecule has 0 N–H and O–H groups in total. The van der Waals surface area contributed by atoms with Gasteiger partial charge in [0.05, 0.1) is 16.9 Å². The SMILES string of the molecule is Cn1c2ccccc2c2c(C3CCCCC3)c(-n3c(-c4[c-]cccc4)nc4ccccc43)c(C3CCCCC3)cc21.[Ir]. The summed E-state index contributed by atoms with van der Waals surface area (Å²) in [5.74, 6) is 2.13. The van der Waals surface area contributed by atoms with E-state index in [2.05, 4.69) is 95.0 Å². The van der Waals surface area contributed by atoms with Crippen molar-refractivity contribution in [2.75, 3.05) is 0 Å². The van der Waals surface area contributed by atoms with Crippen LogP contribution in [0.25, 0.3) is 49.9 Å². The van der Waals surface area contributed by atoms with E-state index in [1.54, 1.807) is 5.56 Å². The van der Waals surface area contributed by atoms with Crippen LogP contribution >= 0.6 is 0 Å². The molecular formula is C38H38IrN3-. The third-order valence-electron chi connectivity index (χ3n) is 10.0. The largest absolute Gasteiger partial charge is 0.344 e. The van der Waals surface area contributed by atoms with Crippen LogP contribution in [0.5, 0.6) is 0 Å². The van der Waals surface area contributed by atoms with E-state index in [9.17, 15) is 0 Å². The van der Waals surface area contributed by atoms with Gasteiger partial charge in [0.1, 0.15) is 0 Å². The molecule has 0 atom stereocenters. The smallest absolute Gasteiger partial charge is 0.0774 e. The monoisotopic (exact) mass is 729 g/mol. The molecule has 4 aromatic carbocycles. The fourth-order valence-corrected chi connectivity index (χ4v) is 8.08. The van der Waals surface area contributed by atoms with E-state index in [-0.39, 0.29) is 20.1 Å². The van der Waals surface area contributed by atoms with Gasteiger partial charge in [-0.3, -0.25) is 4.98 Å². The number of aromatic nitrogens is 3. The summed E-state index contributed by atoms with van der Waals surface area (Å²) in [6, 6.07) is 32.3. The first-order valence-electron chi connectivity index (χ1n) is 15.8. The first kappa shape index (κ1) is 27.6. The number of hydrogen-bond acceptors (Lipinski definition) is 1. The summed E-state index contributed by atoms with van der Waals surface area (Å²) in [7, 11) is 2.27. The second-order valence-corrected chi connectivity index (χ2v) is 12.4. The molecule has 0 amide bonds. The maximum absolute atomic E-state index is 5.31. The Morgan fingerprint density at radius 1 is 0.714 bits per heavy atom. The molecule has 2 saturated carbocycles. The minimum atomic E-state index is 0. The number of nitrogens with zero attached hydrogens (tertiary/aromatic N) is 3. The molecule has 0 unspecified atom stereocenters. The minimum Gasteiger partial charge on any atom is -0.344 e. The van der Waals surface area contributed by atoms with Crippen molar-refractivity contribution in [3.63, 3.8) is 0 Å². The molecule has 2 aliphatic carbocycles. The van der Waals surface area contributed by atoms with E-state index < -0.39 is 0 Å². The van der Waals surface area contributed by atoms with Crippen molar-refractivity contribution >= 4 is 32.8 Å². The van der Waals surface area contributed by atoms with Crippen LogP contribution in [0.3, 0.4) is 0 Å². The fraction of sp³-hybridized carbons (Fsp3) is 0.342. The van der Waals surface area contributed by atoms with Crippen molar-refractivity contribution in [3.8, 4) is 17.1 Å². The zero-order valence-corrected chi connectivity index (χ0v) is 26.8. The van der Waals surface area contributed by atoms with Crippen LogP contribution in [-0.4, -0.2) is 14.1 Å². The Balaban J connectivity index is 0.00000288. The van der Waals surface area contributed by atoms with E-state index in [4.69, 9.17) is 4.98 Å². The molecule has 6 aromatic rings. The number of aryl methyl sites for hydroxylation is 1. The summed E-state index contributed by atoms with van der Waals surface area (Å²) < 4.78 is 5.02. The van der Waals surface area contributed by atoms with E-state index in [1.165, 1.54) is 103 Å². The van der Waals surface area contributed by atoms with Gasteiger partial charge >= 0.3 is 0 Å². The Morgan fingerprint density at radius 2 is 1.38 bits per heavy atom. The first-order valence-corrected chi connectivity index (χ1v) is 15.8. The van der Waals surface area contributed by atoms with Crippen molar-refractivity contribution in [2.45, 2.75) is 76.0 Å². The zero-order chi connectivity index (χ0) is 27.3. The van der Waals surface area contributed by atoms with Crippen molar-refractivity contribution in [2.24, 2.45) is 7.05 Å². The van der Waals surface area contributed by atoms with Gasteiger partial charge in [0.25, 0.3) is 0 Å². The van der Waals surface area contributed by atoms with Gasteiger partial charge in [-0.25, -0.2) is 0 Å². The van der Waals surface area contributed by atoms with E-state index in [0.29, 0.717) is 11.8 Å². The second-order valence-electron chi connectivity index (χ2n) is 12.4. The van der Waals surface area contributed by atoms with Crippen LogP contribution in [0.4, 0.5) is 0 Å². The normalized spacial score (nSPS) is 16.8. The molecule has 2 fully saturated rings. The molecule has 1 radical (unpaired) electrons. The van der Waals surface area contributed by atoms with E-state index >= 15 is 0 Å². The molecule has 2 aliphatic rings. The zero-order valence-electron chi connectivity index (χ0n) is 24.4. The average Bonchev–Trinajstić information content (AvgIpc) is 3.57. The summed E-state index contributed by atoms with van der Waals surface area (Å²) in [6.45, 7) is 0. The average molecular weight is 729 g/mol.